The fourth-order valence-electron chi connectivity index (χ4n) is 2.67. The maximum Gasteiger partial charge on any atom is 0.407 e. The van der Waals surface area contributed by atoms with Crippen molar-refractivity contribution < 1.29 is 14.6 Å². The van der Waals surface area contributed by atoms with Crippen molar-refractivity contribution in [1.82, 2.24) is 16.0 Å². The number of nitrogens with zero attached hydrogens (tertiary/aromatic N) is 1. The van der Waals surface area contributed by atoms with E-state index in [-0.39, 0.29) is 48.6 Å². The van der Waals surface area contributed by atoms with Gasteiger partial charge in [0.15, 0.2) is 5.96 Å². The molecule has 0 aromatic heterocycles. The minimum atomic E-state index is -0.467. The van der Waals surface area contributed by atoms with Crippen molar-refractivity contribution >= 4 is 36.0 Å². The molecule has 1 aliphatic rings. The number of rotatable bonds is 6. The Bertz CT molecular complexity index is 433. The number of ether oxygens (including phenoxy) is 1. The number of halogens is 1. The third-order valence-corrected chi connectivity index (χ3v) is 4.01. The lowest BCUT2D eigenvalue weighted by molar-refractivity contribution is 0.0490. The second kappa shape index (κ2) is 12.6. The van der Waals surface area contributed by atoms with Gasteiger partial charge in [0.1, 0.15) is 5.60 Å². The summed E-state index contributed by atoms with van der Waals surface area (Å²) in [5.74, 6) is 0.954. The lowest BCUT2D eigenvalue weighted by Gasteiger charge is -2.31. The van der Waals surface area contributed by atoms with E-state index in [0.717, 1.165) is 38.2 Å². The molecule has 1 aliphatic carbocycles. The van der Waals surface area contributed by atoms with Crippen LogP contribution in [0.5, 0.6) is 0 Å². The van der Waals surface area contributed by atoms with E-state index in [1.807, 2.05) is 34.6 Å². The van der Waals surface area contributed by atoms with E-state index >= 15 is 0 Å². The Morgan fingerprint density at radius 2 is 1.73 bits per heavy atom. The van der Waals surface area contributed by atoms with Crippen molar-refractivity contribution in [2.75, 3.05) is 19.7 Å². The molecule has 0 radical (unpaired) electrons. The smallest absolute Gasteiger partial charge is 0.407 e. The van der Waals surface area contributed by atoms with Gasteiger partial charge in [-0.15, -0.1) is 24.0 Å². The Morgan fingerprint density at radius 1 is 1.19 bits per heavy atom. The normalized spacial score (nSPS) is 22.0. The third kappa shape index (κ3) is 11.1. The van der Waals surface area contributed by atoms with Gasteiger partial charge in [-0.2, -0.15) is 0 Å². The van der Waals surface area contributed by atoms with E-state index < -0.39 is 5.60 Å². The zero-order chi connectivity index (χ0) is 18.9. The summed E-state index contributed by atoms with van der Waals surface area (Å²) in [4.78, 5) is 16.4. The molecule has 7 nitrogen and oxygen atoms in total. The number of aliphatic hydroxyl groups is 1. The standard InChI is InChI=1S/C18H36N4O3.HI/c1-6-19-16(20-11-13(2)12-23)21-14-7-9-15(10-8-14)22-17(24)25-18(3,4)5;/h13-15,23H,6-12H2,1-5H3,(H,22,24)(H2,19,20,21);1H. The minimum absolute atomic E-state index is 0. The van der Waals surface area contributed by atoms with Gasteiger partial charge in [0, 0.05) is 31.8 Å². The van der Waals surface area contributed by atoms with E-state index in [2.05, 4.69) is 20.9 Å². The summed E-state index contributed by atoms with van der Waals surface area (Å²) in [5, 5.41) is 18.8. The highest BCUT2D eigenvalue weighted by atomic mass is 127. The minimum Gasteiger partial charge on any atom is -0.444 e. The van der Waals surface area contributed by atoms with Gasteiger partial charge >= 0.3 is 6.09 Å². The van der Waals surface area contributed by atoms with Crippen LogP contribution in [0, 0.1) is 5.92 Å². The molecule has 26 heavy (non-hydrogen) atoms. The fraction of sp³-hybridized carbons (Fsp3) is 0.889. The maximum atomic E-state index is 11.9. The van der Waals surface area contributed by atoms with Crippen molar-refractivity contribution in [3.8, 4) is 0 Å². The summed E-state index contributed by atoms with van der Waals surface area (Å²) < 4.78 is 5.31. The lowest BCUT2D eigenvalue weighted by atomic mass is 9.91. The van der Waals surface area contributed by atoms with Crippen LogP contribution in [0.25, 0.3) is 0 Å². The van der Waals surface area contributed by atoms with E-state index in [1.165, 1.54) is 0 Å². The van der Waals surface area contributed by atoms with E-state index in [4.69, 9.17) is 9.84 Å². The number of alkyl carbamates (subject to hydrolysis) is 1. The van der Waals surface area contributed by atoms with Crippen LogP contribution in [0.15, 0.2) is 4.99 Å². The summed E-state index contributed by atoms with van der Waals surface area (Å²) >= 11 is 0. The summed E-state index contributed by atoms with van der Waals surface area (Å²) in [7, 11) is 0. The predicted octanol–water partition coefficient (Wildman–Crippen LogP) is 2.62. The first kappa shape index (κ1) is 25.2. The molecule has 154 valence electrons. The van der Waals surface area contributed by atoms with Gasteiger partial charge in [-0.1, -0.05) is 6.92 Å². The van der Waals surface area contributed by atoms with Crippen LogP contribution in [0.3, 0.4) is 0 Å². The van der Waals surface area contributed by atoms with Crippen LogP contribution < -0.4 is 16.0 Å². The van der Waals surface area contributed by atoms with Gasteiger partial charge in [0.2, 0.25) is 0 Å². The van der Waals surface area contributed by atoms with E-state index in [1.54, 1.807) is 0 Å². The molecule has 0 aromatic carbocycles. The first-order chi connectivity index (χ1) is 11.7. The number of carbonyl (C=O) groups excluding carboxylic acids is 1. The highest BCUT2D eigenvalue weighted by Gasteiger charge is 2.25. The third-order valence-electron chi connectivity index (χ3n) is 4.01. The predicted molar refractivity (Wildman–Crippen MR) is 116 cm³/mol. The number of nitrogens with one attached hydrogen (secondary N) is 3. The SMILES string of the molecule is CCNC(=NCC(C)CO)NC1CCC(NC(=O)OC(C)(C)C)CC1.I. The van der Waals surface area contributed by atoms with Crippen LogP contribution >= 0.6 is 24.0 Å². The number of hydrogen-bond acceptors (Lipinski definition) is 4. The lowest BCUT2D eigenvalue weighted by Crippen LogP contribution is -2.48. The second-order valence-corrected chi connectivity index (χ2v) is 7.85. The number of aliphatic hydroxyl groups excluding tert-OH is 1. The maximum absolute atomic E-state index is 11.9. The molecule has 4 N–H and O–H groups in total. The van der Waals surface area contributed by atoms with Crippen LogP contribution in [0.1, 0.15) is 60.3 Å². The van der Waals surface area contributed by atoms with Crippen LogP contribution in [-0.2, 0) is 4.74 Å². The number of amides is 1. The first-order valence-electron chi connectivity index (χ1n) is 9.38. The van der Waals surface area contributed by atoms with Gasteiger partial charge in [0.05, 0.1) is 0 Å². The van der Waals surface area contributed by atoms with E-state index in [0.29, 0.717) is 12.6 Å². The number of guanidine groups is 1. The van der Waals surface area contributed by atoms with Gasteiger partial charge in [0.25, 0.3) is 0 Å². The van der Waals surface area contributed by atoms with Gasteiger partial charge in [-0.05, 0) is 59.3 Å². The average Bonchev–Trinajstić information content (AvgIpc) is 2.52. The molecule has 8 heteroatoms. The molecule has 0 bridgehead atoms. The summed E-state index contributed by atoms with van der Waals surface area (Å²) in [6.45, 7) is 11.2. The van der Waals surface area contributed by atoms with Crippen molar-refractivity contribution in [1.29, 1.82) is 0 Å². The summed E-state index contributed by atoms with van der Waals surface area (Å²) in [6, 6.07) is 0.515. The van der Waals surface area contributed by atoms with Crippen molar-refractivity contribution in [3.63, 3.8) is 0 Å². The largest absolute Gasteiger partial charge is 0.444 e. The molecular weight excluding hydrogens is 447 g/mol. The molecule has 0 heterocycles. The molecule has 0 aromatic rings. The molecule has 0 saturated heterocycles. The summed E-state index contributed by atoms with van der Waals surface area (Å²) in [5.41, 5.74) is -0.467. The second-order valence-electron chi connectivity index (χ2n) is 7.85. The molecule has 1 unspecified atom stereocenters. The Labute approximate surface area is 175 Å². The Morgan fingerprint density at radius 3 is 2.19 bits per heavy atom. The van der Waals surface area contributed by atoms with Crippen LogP contribution in [0.4, 0.5) is 4.79 Å². The number of hydrogen-bond donors (Lipinski definition) is 4. The molecule has 0 aliphatic heterocycles. The average molecular weight is 484 g/mol. The van der Waals surface area contributed by atoms with E-state index in [9.17, 15) is 4.79 Å². The zero-order valence-electron chi connectivity index (χ0n) is 16.8. The molecule has 1 atom stereocenters. The topological polar surface area (TPSA) is 95.0 Å². The number of aliphatic imine (C=N–C) groups is 1. The van der Waals surface area contributed by atoms with Crippen molar-refractivity contribution in [2.24, 2.45) is 10.9 Å². The quantitative estimate of drug-likeness (QED) is 0.264. The van der Waals surface area contributed by atoms with Crippen molar-refractivity contribution in [2.45, 2.75) is 78.0 Å². The van der Waals surface area contributed by atoms with Crippen molar-refractivity contribution in [3.05, 3.63) is 0 Å². The summed E-state index contributed by atoms with van der Waals surface area (Å²) in [6.07, 6.45) is 3.45. The number of carbonyl (C=O) groups is 1. The van der Waals surface area contributed by atoms with Crippen LogP contribution in [-0.4, -0.2) is 54.5 Å². The fourth-order valence-corrected chi connectivity index (χ4v) is 2.67. The van der Waals surface area contributed by atoms with Gasteiger partial charge < -0.3 is 25.8 Å². The zero-order valence-corrected chi connectivity index (χ0v) is 19.1. The molecule has 1 saturated carbocycles. The first-order valence-corrected chi connectivity index (χ1v) is 9.38. The Balaban J connectivity index is 0.00000625. The Hall–Kier alpha value is -0.770. The monoisotopic (exact) mass is 484 g/mol. The van der Waals surface area contributed by atoms with Crippen LogP contribution in [0.2, 0.25) is 0 Å². The molecule has 1 fully saturated rings. The highest BCUT2D eigenvalue weighted by molar-refractivity contribution is 14.0. The van der Waals surface area contributed by atoms with Gasteiger partial charge in [-0.25, -0.2) is 4.79 Å². The van der Waals surface area contributed by atoms with Gasteiger partial charge in [-0.3, -0.25) is 4.99 Å². The molecule has 1 amide bonds. The molecule has 0 spiro atoms. The highest BCUT2D eigenvalue weighted by Crippen LogP contribution is 2.19. The molecular formula is C18H37IN4O3. The molecule has 1 rings (SSSR count). The Kier molecular flexibility index (Phi) is 12.2.